The first-order valence-electron chi connectivity index (χ1n) is 7.63. The van der Waals surface area contributed by atoms with E-state index in [0.29, 0.717) is 13.0 Å². The number of hydrogen-bond acceptors (Lipinski definition) is 4. The Morgan fingerprint density at radius 1 is 1.32 bits per heavy atom. The minimum absolute atomic E-state index is 0.0269. The Bertz CT molecular complexity index is 574. The number of hydrogen-bond donors (Lipinski definition) is 1. The van der Waals surface area contributed by atoms with Crippen LogP contribution in [-0.4, -0.2) is 47.5 Å². The molecule has 6 heteroatoms. The number of carboxylic acid groups (broad SMARTS) is 1. The lowest BCUT2D eigenvalue weighted by atomic mass is 9.66. The Morgan fingerprint density at radius 3 is 2.45 bits per heavy atom. The van der Waals surface area contributed by atoms with E-state index in [1.54, 1.807) is 11.3 Å². The number of carbonyl (C=O) groups is 2. The van der Waals surface area contributed by atoms with E-state index in [-0.39, 0.29) is 16.9 Å². The van der Waals surface area contributed by atoms with Crippen LogP contribution in [0.3, 0.4) is 0 Å². The van der Waals surface area contributed by atoms with Crippen molar-refractivity contribution in [3.05, 3.63) is 22.4 Å². The van der Waals surface area contributed by atoms with Crippen molar-refractivity contribution in [1.29, 1.82) is 0 Å². The molecule has 0 aromatic carbocycles. The van der Waals surface area contributed by atoms with E-state index in [1.165, 1.54) is 4.88 Å². The van der Waals surface area contributed by atoms with Crippen molar-refractivity contribution in [3.8, 4) is 0 Å². The van der Waals surface area contributed by atoms with Crippen LogP contribution in [0.25, 0.3) is 0 Å². The molecule has 1 aromatic heterocycles. The lowest BCUT2D eigenvalue weighted by molar-refractivity contribution is -0.126. The molecular weight excluding hydrogens is 300 g/mol. The molecule has 2 fully saturated rings. The number of rotatable bonds is 2. The lowest BCUT2D eigenvalue weighted by Crippen LogP contribution is -2.47. The first-order chi connectivity index (χ1) is 10.4. The van der Waals surface area contributed by atoms with E-state index in [9.17, 15) is 9.59 Å². The third kappa shape index (κ3) is 2.34. The van der Waals surface area contributed by atoms with E-state index in [0.717, 1.165) is 30.6 Å². The van der Waals surface area contributed by atoms with Crippen molar-refractivity contribution in [1.82, 2.24) is 9.80 Å². The number of nitrogens with zero attached hydrogens (tertiary/aromatic N) is 2. The van der Waals surface area contributed by atoms with Crippen LogP contribution in [0.2, 0.25) is 0 Å². The van der Waals surface area contributed by atoms with Crippen molar-refractivity contribution in [2.24, 2.45) is 5.41 Å². The van der Waals surface area contributed by atoms with Gasteiger partial charge in [-0.05, 0) is 56.6 Å². The zero-order valence-corrected chi connectivity index (χ0v) is 13.9. The molecule has 1 N–H and O–H groups in total. The van der Waals surface area contributed by atoms with E-state index in [1.807, 2.05) is 0 Å². The van der Waals surface area contributed by atoms with Crippen molar-refractivity contribution < 1.29 is 14.7 Å². The number of thiophene rings is 1. The smallest absolute Gasteiger partial charge is 0.414 e. The molecule has 0 radical (unpaired) electrons. The fraction of sp³-hybridized carbons (Fsp3) is 0.625. The maximum atomic E-state index is 11.9. The Labute approximate surface area is 134 Å². The molecule has 2 amide bonds. The van der Waals surface area contributed by atoms with Gasteiger partial charge in [0.1, 0.15) is 0 Å². The standard InChI is InChI=1S/C16H22N2O3S/c1-17(2)16(12-4-3-9-22-12)7-5-15(6-8-16)10-13(19)18(11-15)14(20)21/h3-4,9H,5-8,10-11H2,1-2H3,(H,20,21). The highest BCUT2D eigenvalue weighted by atomic mass is 32.1. The predicted octanol–water partition coefficient (Wildman–Crippen LogP) is 2.98. The Morgan fingerprint density at radius 2 is 2.00 bits per heavy atom. The molecule has 1 saturated carbocycles. The summed E-state index contributed by atoms with van der Waals surface area (Å²) in [6.45, 7) is 0.370. The van der Waals surface area contributed by atoms with Gasteiger partial charge in [0, 0.05) is 17.8 Å². The summed E-state index contributed by atoms with van der Waals surface area (Å²) in [5.41, 5.74) is -0.120. The number of likely N-dealkylation sites (tertiary alicyclic amines) is 1. The van der Waals surface area contributed by atoms with Crippen LogP contribution in [0.15, 0.2) is 17.5 Å². The fourth-order valence-corrected chi connectivity index (χ4v) is 5.12. The summed E-state index contributed by atoms with van der Waals surface area (Å²) in [6, 6.07) is 4.27. The number of imide groups is 1. The van der Waals surface area contributed by atoms with Crippen molar-refractivity contribution in [2.75, 3.05) is 20.6 Å². The van der Waals surface area contributed by atoms with Crippen LogP contribution in [0, 0.1) is 5.41 Å². The van der Waals surface area contributed by atoms with Gasteiger partial charge in [-0.25, -0.2) is 9.69 Å². The van der Waals surface area contributed by atoms with Crippen LogP contribution >= 0.6 is 11.3 Å². The quantitative estimate of drug-likeness (QED) is 0.909. The summed E-state index contributed by atoms with van der Waals surface area (Å²) in [4.78, 5) is 27.8. The second-order valence-corrected chi connectivity index (χ2v) is 7.79. The molecule has 0 atom stereocenters. The van der Waals surface area contributed by atoms with Gasteiger partial charge in [-0.2, -0.15) is 0 Å². The van der Waals surface area contributed by atoms with Crippen molar-refractivity contribution in [3.63, 3.8) is 0 Å². The third-order valence-electron chi connectivity index (χ3n) is 5.53. The fourth-order valence-electron chi connectivity index (χ4n) is 4.06. The van der Waals surface area contributed by atoms with Gasteiger partial charge in [-0.1, -0.05) is 6.07 Å². The van der Waals surface area contributed by atoms with E-state index >= 15 is 0 Å². The largest absolute Gasteiger partial charge is 0.465 e. The molecule has 2 heterocycles. The van der Waals surface area contributed by atoms with Crippen molar-refractivity contribution in [2.45, 2.75) is 37.6 Å². The lowest BCUT2D eigenvalue weighted by Gasteiger charge is -2.48. The molecule has 22 heavy (non-hydrogen) atoms. The molecule has 1 spiro atoms. The molecule has 0 bridgehead atoms. The molecule has 1 aliphatic carbocycles. The molecule has 1 aromatic rings. The monoisotopic (exact) mass is 322 g/mol. The summed E-state index contributed by atoms with van der Waals surface area (Å²) in [6.07, 6.45) is 3.03. The SMILES string of the molecule is CN(C)C1(c2cccs2)CCC2(CC1)CC(=O)N(C(=O)O)C2. The zero-order chi connectivity index (χ0) is 16.0. The highest BCUT2D eigenvalue weighted by molar-refractivity contribution is 7.10. The number of amides is 2. The highest BCUT2D eigenvalue weighted by Crippen LogP contribution is 2.52. The molecule has 5 nitrogen and oxygen atoms in total. The molecule has 120 valence electrons. The third-order valence-corrected chi connectivity index (χ3v) is 6.59. The van der Waals surface area contributed by atoms with Gasteiger partial charge in [0.05, 0.1) is 5.54 Å². The molecule has 1 aliphatic heterocycles. The summed E-state index contributed by atoms with van der Waals surface area (Å²) >= 11 is 1.78. The predicted molar refractivity (Wildman–Crippen MR) is 84.9 cm³/mol. The van der Waals surface area contributed by atoms with Crippen LogP contribution in [0.4, 0.5) is 4.79 Å². The minimum Gasteiger partial charge on any atom is -0.465 e. The molecule has 2 aliphatic rings. The van der Waals surface area contributed by atoms with E-state index < -0.39 is 6.09 Å². The van der Waals surface area contributed by atoms with Crippen molar-refractivity contribution >= 4 is 23.3 Å². The van der Waals surface area contributed by atoms with Crippen LogP contribution in [0.1, 0.15) is 37.0 Å². The van der Waals surface area contributed by atoms with E-state index in [2.05, 4.69) is 36.5 Å². The van der Waals surface area contributed by atoms with Crippen LogP contribution in [0.5, 0.6) is 0 Å². The summed E-state index contributed by atoms with van der Waals surface area (Å²) in [5.74, 6) is -0.235. The van der Waals surface area contributed by atoms with Gasteiger partial charge in [0.25, 0.3) is 0 Å². The van der Waals surface area contributed by atoms with Gasteiger partial charge >= 0.3 is 6.09 Å². The van der Waals surface area contributed by atoms with Gasteiger partial charge < -0.3 is 5.11 Å². The maximum absolute atomic E-state index is 11.9. The highest BCUT2D eigenvalue weighted by Gasteiger charge is 2.51. The minimum atomic E-state index is -1.11. The van der Waals surface area contributed by atoms with E-state index in [4.69, 9.17) is 5.11 Å². The molecule has 0 unspecified atom stereocenters. The molecular formula is C16H22N2O3S. The Balaban J connectivity index is 1.80. The van der Waals surface area contributed by atoms with Gasteiger partial charge in [0.15, 0.2) is 0 Å². The second-order valence-electron chi connectivity index (χ2n) is 6.84. The Hall–Kier alpha value is -1.40. The average Bonchev–Trinajstić information content (AvgIpc) is 3.09. The Kier molecular flexibility index (Phi) is 3.77. The summed E-state index contributed by atoms with van der Waals surface area (Å²) in [7, 11) is 4.22. The first-order valence-corrected chi connectivity index (χ1v) is 8.51. The molecule has 3 rings (SSSR count). The summed E-state index contributed by atoms with van der Waals surface area (Å²) in [5, 5.41) is 11.2. The topological polar surface area (TPSA) is 60.9 Å². The van der Waals surface area contributed by atoms with Gasteiger partial charge in [0.2, 0.25) is 5.91 Å². The van der Waals surface area contributed by atoms with Crippen LogP contribution < -0.4 is 0 Å². The van der Waals surface area contributed by atoms with Crippen LogP contribution in [-0.2, 0) is 10.3 Å². The summed E-state index contributed by atoms with van der Waals surface area (Å²) < 4.78 is 0. The average molecular weight is 322 g/mol. The normalized spacial score (nSPS) is 32.1. The zero-order valence-electron chi connectivity index (χ0n) is 13.0. The first kappa shape index (κ1) is 15.5. The molecule has 1 saturated heterocycles. The maximum Gasteiger partial charge on any atom is 0.414 e. The number of carbonyl (C=O) groups excluding carboxylic acids is 1. The van der Waals surface area contributed by atoms with Gasteiger partial charge in [-0.3, -0.25) is 9.69 Å². The second kappa shape index (κ2) is 5.35. The van der Waals surface area contributed by atoms with Gasteiger partial charge in [-0.15, -0.1) is 11.3 Å².